The van der Waals surface area contributed by atoms with Gasteiger partial charge >= 0.3 is 0 Å². The number of hydrogen-bond acceptors (Lipinski definition) is 2. The van der Waals surface area contributed by atoms with Crippen LogP contribution in [0.15, 0.2) is 12.1 Å². The van der Waals surface area contributed by atoms with E-state index in [1.54, 1.807) is 0 Å². The van der Waals surface area contributed by atoms with Crippen LogP contribution < -0.4 is 5.32 Å². The summed E-state index contributed by atoms with van der Waals surface area (Å²) in [7, 11) is 0. The van der Waals surface area contributed by atoms with E-state index in [-0.39, 0.29) is 17.8 Å². The number of nitrogens with one attached hydrogen (secondary N) is 1. The Kier molecular flexibility index (Phi) is 4.69. The molecule has 2 nitrogen and oxygen atoms in total. The molecule has 1 aromatic rings. The summed E-state index contributed by atoms with van der Waals surface area (Å²) >= 11 is 0. The predicted octanol–water partition coefficient (Wildman–Crippen LogP) is 3.86. The lowest BCUT2D eigenvalue weighted by molar-refractivity contribution is 0.00593. The maximum absolute atomic E-state index is 13.5. The van der Waals surface area contributed by atoms with Gasteiger partial charge in [0.05, 0.1) is 11.8 Å². The SMILES string of the molecule is CCCC1CC(Nc2cc(F)c(F)cc2F)CCO1. The van der Waals surface area contributed by atoms with E-state index in [1.807, 2.05) is 0 Å². The van der Waals surface area contributed by atoms with Crippen molar-refractivity contribution in [1.82, 2.24) is 0 Å². The van der Waals surface area contributed by atoms with Gasteiger partial charge in [-0.25, -0.2) is 13.2 Å². The van der Waals surface area contributed by atoms with Crippen LogP contribution in [-0.2, 0) is 4.74 Å². The number of rotatable bonds is 4. The molecule has 106 valence electrons. The quantitative estimate of drug-likeness (QED) is 0.841. The Balaban J connectivity index is 2.02. The molecule has 1 aromatic carbocycles. The van der Waals surface area contributed by atoms with Gasteiger partial charge in [0.1, 0.15) is 5.82 Å². The molecule has 2 rings (SSSR count). The van der Waals surface area contributed by atoms with E-state index in [4.69, 9.17) is 4.74 Å². The highest BCUT2D eigenvalue weighted by molar-refractivity contribution is 5.46. The third-order valence-corrected chi connectivity index (χ3v) is 3.35. The summed E-state index contributed by atoms with van der Waals surface area (Å²) in [5.41, 5.74) is 0.0149. The van der Waals surface area contributed by atoms with Gasteiger partial charge in [-0.1, -0.05) is 13.3 Å². The van der Waals surface area contributed by atoms with Crippen LogP contribution in [0.3, 0.4) is 0 Å². The molecule has 1 saturated heterocycles. The van der Waals surface area contributed by atoms with Crippen LogP contribution in [0.25, 0.3) is 0 Å². The third-order valence-electron chi connectivity index (χ3n) is 3.35. The van der Waals surface area contributed by atoms with E-state index < -0.39 is 17.5 Å². The molecule has 0 spiro atoms. The van der Waals surface area contributed by atoms with Gasteiger partial charge in [0, 0.05) is 24.8 Å². The van der Waals surface area contributed by atoms with E-state index in [1.165, 1.54) is 0 Å². The Hall–Kier alpha value is -1.23. The monoisotopic (exact) mass is 273 g/mol. The minimum absolute atomic E-state index is 0.0149. The molecule has 1 aliphatic rings. The van der Waals surface area contributed by atoms with Crippen molar-refractivity contribution in [3.8, 4) is 0 Å². The van der Waals surface area contributed by atoms with Gasteiger partial charge in [0.15, 0.2) is 11.6 Å². The fourth-order valence-corrected chi connectivity index (χ4v) is 2.39. The maximum Gasteiger partial charge on any atom is 0.161 e. The second kappa shape index (κ2) is 6.28. The van der Waals surface area contributed by atoms with Crippen LogP contribution in [0.4, 0.5) is 18.9 Å². The highest BCUT2D eigenvalue weighted by Gasteiger charge is 2.23. The van der Waals surface area contributed by atoms with Crippen LogP contribution in [-0.4, -0.2) is 18.8 Å². The Labute approximate surface area is 111 Å². The van der Waals surface area contributed by atoms with Gasteiger partial charge in [-0.2, -0.15) is 0 Å². The number of benzene rings is 1. The topological polar surface area (TPSA) is 21.3 Å². The first-order valence-corrected chi connectivity index (χ1v) is 6.62. The maximum atomic E-state index is 13.5. The molecule has 19 heavy (non-hydrogen) atoms. The third kappa shape index (κ3) is 3.62. The molecular weight excluding hydrogens is 255 g/mol. The smallest absolute Gasteiger partial charge is 0.161 e. The van der Waals surface area contributed by atoms with Crippen molar-refractivity contribution in [2.45, 2.75) is 44.8 Å². The zero-order chi connectivity index (χ0) is 13.8. The Morgan fingerprint density at radius 3 is 2.68 bits per heavy atom. The van der Waals surface area contributed by atoms with E-state index in [0.29, 0.717) is 12.7 Å². The molecule has 1 fully saturated rings. The van der Waals surface area contributed by atoms with Gasteiger partial charge in [-0.05, 0) is 19.3 Å². The molecule has 0 amide bonds. The summed E-state index contributed by atoms with van der Waals surface area (Å²) in [4.78, 5) is 0. The lowest BCUT2D eigenvalue weighted by Gasteiger charge is -2.30. The van der Waals surface area contributed by atoms with E-state index in [0.717, 1.165) is 31.7 Å². The van der Waals surface area contributed by atoms with Gasteiger partial charge < -0.3 is 10.1 Å². The molecule has 1 heterocycles. The van der Waals surface area contributed by atoms with Crippen molar-refractivity contribution >= 4 is 5.69 Å². The van der Waals surface area contributed by atoms with Crippen LogP contribution in [0, 0.1) is 17.5 Å². The minimum Gasteiger partial charge on any atom is -0.380 e. The van der Waals surface area contributed by atoms with Crippen molar-refractivity contribution in [2.75, 3.05) is 11.9 Å². The lowest BCUT2D eigenvalue weighted by atomic mass is 10.00. The standard InChI is InChI=1S/C14H18F3NO/c1-2-3-10-6-9(4-5-19-10)18-14-8-12(16)11(15)7-13(14)17/h7-10,18H,2-6H2,1H3. The van der Waals surface area contributed by atoms with E-state index in [2.05, 4.69) is 12.2 Å². The summed E-state index contributed by atoms with van der Waals surface area (Å²) in [6.07, 6.45) is 3.63. The Morgan fingerprint density at radius 1 is 1.21 bits per heavy atom. The van der Waals surface area contributed by atoms with Gasteiger partial charge in [-0.3, -0.25) is 0 Å². The summed E-state index contributed by atoms with van der Waals surface area (Å²) < 4.78 is 45.1. The molecule has 1 aliphatic heterocycles. The molecule has 2 atom stereocenters. The number of anilines is 1. The van der Waals surface area contributed by atoms with Gasteiger partial charge in [-0.15, -0.1) is 0 Å². The van der Waals surface area contributed by atoms with Crippen LogP contribution in [0.5, 0.6) is 0 Å². The van der Waals surface area contributed by atoms with E-state index in [9.17, 15) is 13.2 Å². The minimum atomic E-state index is -1.17. The molecular formula is C14H18F3NO. The Morgan fingerprint density at radius 2 is 1.95 bits per heavy atom. The summed E-state index contributed by atoms with van der Waals surface area (Å²) in [6.45, 7) is 2.68. The highest BCUT2D eigenvalue weighted by Crippen LogP contribution is 2.24. The fourth-order valence-electron chi connectivity index (χ4n) is 2.39. The molecule has 0 aliphatic carbocycles. The van der Waals surface area contributed by atoms with Crippen molar-refractivity contribution in [3.63, 3.8) is 0 Å². The molecule has 2 unspecified atom stereocenters. The molecule has 0 aromatic heterocycles. The molecule has 5 heteroatoms. The first-order chi connectivity index (χ1) is 9.10. The van der Waals surface area contributed by atoms with Crippen molar-refractivity contribution < 1.29 is 17.9 Å². The first-order valence-electron chi connectivity index (χ1n) is 6.62. The van der Waals surface area contributed by atoms with Crippen LogP contribution in [0.2, 0.25) is 0 Å². The first kappa shape index (κ1) is 14.2. The molecule has 0 saturated carbocycles. The largest absolute Gasteiger partial charge is 0.380 e. The highest BCUT2D eigenvalue weighted by atomic mass is 19.2. The summed E-state index contributed by atoms with van der Waals surface area (Å²) in [5, 5.41) is 2.94. The van der Waals surface area contributed by atoms with E-state index >= 15 is 0 Å². The van der Waals surface area contributed by atoms with Crippen molar-refractivity contribution in [1.29, 1.82) is 0 Å². The summed E-state index contributed by atoms with van der Waals surface area (Å²) in [5.74, 6) is -2.97. The normalized spacial score (nSPS) is 23.4. The Bertz CT molecular complexity index is 437. The van der Waals surface area contributed by atoms with Crippen molar-refractivity contribution in [2.24, 2.45) is 0 Å². The number of halogens is 3. The fraction of sp³-hybridized carbons (Fsp3) is 0.571. The number of ether oxygens (including phenoxy) is 1. The zero-order valence-electron chi connectivity index (χ0n) is 10.9. The van der Waals surface area contributed by atoms with Crippen molar-refractivity contribution in [3.05, 3.63) is 29.6 Å². The second-order valence-corrected chi connectivity index (χ2v) is 4.89. The van der Waals surface area contributed by atoms with Gasteiger partial charge in [0.2, 0.25) is 0 Å². The molecule has 0 bridgehead atoms. The number of hydrogen-bond donors (Lipinski definition) is 1. The second-order valence-electron chi connectivity index (χ2n) is 4.89. The van der Waals surface area contributed by atoms with Crippen LogP contribution in [0.1, 0.15) is 32.6 Å². The van der Waals surface area contributed by atoms with Gasteiger partial charge in [0.25, 0.3) is 0 Å². The predicted molar refractivity (Wildman–Crippen MR) is 67.6 cm³/mol. The molecule has 1 N–H and O–H groups in total. The average molecular weight is 273 g/mol. The average Bonchev–Trinajstić information content (AvgIpc) is 2.37. The lowest BCUT2D eigenvalue weighted by Crippen LogP contribution is -2.34. The summed E-state index contributed by atoms with van der Waals surface area (Å²) in [6, 6.07) is 1.47. The zero-order valence-corrected chi connectivity index (χ0v) is 10.9. The van der Waals surface area contributed by atoms with Crippen LogP contribution >= 0.6 is 0 Å². The molecule has 0 radical (unpaired) electrons.